The second kappa shape index (κ2) is 11.3. The highest BCUT2D eigenvalue weighted by Gasteiger charge is 2.21. The topological polar surface area (TPSA) is 62.2 Å². The second-order valence-corrected chi connectivity index (χ2v) is 7.17. The van der Waals surface area contributed by atoms with E-state index in [1.54, 1.807) is 28.0 Å². The van der Waals surface area contributed by atoms with Gasteiger partial charge in [0.2, 0.25) is 0 Å². The first-order valence-electron chi connectivity index (χ1n) is 15.8. The summed E-state index contributed by atoms with van der Waals surface area (Å²) in [4.78, 5) is 16.4. The molecule has 1 atom stereocenters. The molecule has 1 heterocycles. The van der Waals surface area contributed by atoms with Gasteiger partial charge in [0.05, 0.1) is 21.9 Å². The second-order valence-electron chi connectivity index (χ2n) is 7.17. The van der Waals surface area contributed by atoms with Gasteiger partial charge in [-0.15, -0.1) is 0 Å². The Morgan fingerprint density at radius 3 is 2.48 bits per heavy atom. The van der Waals surface area contributed by atoms with Crippen LogP contribution in [-0.2, 0) is 11.2 Å². The number of carbonyl (C=O) groups excluding carboxylic acids is 1. The molecule has 0 radical (unpaired) electrons. The Balaban J connectivity index is 1.69. The summed E-state index contributed by atoms with van der Waals surface area (Å²) in [7, 11) is 1.38. The van der Waals surface area contributed by atoms with Gasteiger partial charge in [0, 0.05) is 47.4 Å². The summed E-state index contributed by atoms with van der Waals surface area (Å²) in [6.07, 6.45) is -3.35. The maximum atomic E-state index is 13.1. The summed E-state index contributed by atoms with van der Waals surface area (Å²) < 4.78 is 106. The molecule has 6 nitrogen and oxygen atoms in total. The van der Waals surface area contributed by atoms with Gasteiger partial charge in [-0.25, -0.2) is 0 Å². The number of piperazine rings is 1. The van der Waals surface area contributed by atoms with Crippen LogP contribution in [0, 0.1) is 13.7 Å². The lowest BCUT2D eigenvalue weighted by Gasteiger charge is -2.35. The molecule has 31 heavy (non-hydrogen) atoms. The summed E-state index contributed by atoms with van der Waals surface area (Å²) in [6.45, 7) is -8.43. The highest BCUT2D eigenvalue weighted by Crippen LogP contribution is 2.25. The van der Waals surface area contributed by atoms with Gasteiger partial charge in [-0.2, -0.15) is 0 Å². The zero-order valence-electron chi connectivity index (χ0n) is 29.3. The predicted octanol–water partition coefficient (Wildman–Crippen LogP) is 2.48. The van der Waals surface area contributed by atoms with Crippen molar-refractivity contribution < 1.29 is 35.8 Å². The van der Waals surface area contributed by atoms with Crippen molar-refractivity contribution in [1.82, 2.24) is 9.80 Å². The Labute approximate surface area is 202 Å². The van der Waals surface area contributed by atoms with Crippen LogP contribution in [0.4, 0.5) is 0 Å². The Morgan fingerprint density at radius 2 is 1.84 bits per heavy atom. The van der Waals surface area contributed by atoms with Gasteiger partial charge in [-0.1, -0.05) is 30.3 Å². The normalized spacial score (nSPS) is 24.1. The number of rotatable bonds is 10. The third kappa shape index (κ3) is 6.79. The average Bonchev–Trinajstić information content (AvgIpc) is 2.86. The molecule has 1 unspecified atom stereocenters. The maximum Gasteiger partial charge on any atom is 0.161 e. The maximum absolute atomic E-state index is 13.1. The number of Topliss-reactive ketones (excluding diaryl/α,β-unsaturated/α-hetero) is 1. The molecule has 0 spiro atoms. The molecular weight excluding hydrogens is 392 g/mol. The minimum atomic E-state index is -2.99. The van der Waals surface area contributed by atoms with Crippen LogP contribution in [-0.4, -0.2) is 79.7 Å². The van der Waals surface area contributed by atoms with E-state index in [-0.39, 0.29) is 44.2 Å². The van der Waals surface area contributed by atoms with E-state index in [0.29, 0.717) is 0 Å². The molecule has 2 aromatic rings. The molecule has 2 aromatic carbocycles. The van der Waals surface area contributed by atoms with Crippen molar-refractivity contribution in [3.63, 3.8) is 0 Å². The zero-order chi connectivity index (χ0) is 32.5. The fraction of sp³-hybridized carbons (Fsp3) is 0.480. The fourth-order valence-corrected chi connectivity index (χ4v) is 3.28. The Kier molecular flexibility index (Phi) is 4.36. The number of ether oxygens (including phenoxy) is 2. The van der Waals surface area contributed by atoms with Crippen LogP contribution in [0.15, 0.2) is 42.4 Å². The van der Waals surface area contributed by atoms with Crippen molar-refractivity contribution in [2.75, 3.05) is 52.9 Å². The number of hydrogen-bond acceptors (Lipinski definition) is 6. The Bertz CT molecular complexity index is 1280. The third-order valence-electron chi connectivity index (χ3n) is 4.94. The molecule has 1 aliphatic heterocycles. The number of carbonyl (C=O) groups is 1. The van der Waals surface area contributed by atoms with Gasteiger partial charge < -0.3 is 14.6 Å². The van der Waals surface area contributed by atoms with Gasteiger partial charge >= 0.3 is 0 Å². The number of para-hydroxylation sites is 2. The van der Waals surface area contributed by atoms with E-state index in [0.717, 1.165) is 0 Å². The monoisotopic (exact) mass is 438 g/mol. The first-order chi connectivity index (χ1) is 19.7. The van der Waals surface area contributed by atoms with Crippen molar-refractivity contribution >= 4 is 5.78 Å². The molecule has 3 rings (SSSR count). The van der Waals surface area contributed by atoms with E-state index in [9.17, 15) is 9.90 Å². The number of benzene rings is 2. The van der Waals surface area contributed by atoms with Crippen molar-refractivity contribution in [2.45, 2.75) is 26.2 Å². The standard InChI is InChI=1S/C25H34N2O4/c1-19-7-6-8-20(2)23(19)15-21(28)16-26-11-13-27(14-12-26)17-22(29)18-31-25-10-5-4-9-24(25)30-3/h4-10,22,29H,11-18H2,1-3H3/i1D3,2D3,6D,7D,8D,18D2,22D. The lowest BCUT2D eigenvalue weighted by molar-refractivity contribution is -0.120. The number of β-amino-alcohol motifs (C(OH)–C–C–N with tert-alkyl or cyclic N) is 1. The van der Waals surface area contributed by atoms with E-state index in [2.05, 4.69) is 0 Å². The van der Waals surface area contributed by atoms with Gasteiger partial charge in [0.1, 0.15) is 12.6 Å². The SMILES string of the molecule is [2H]c1c([2H])c(C([2H])([2H])[2H])c(CC(=O)CN2CCN(CC([2H])(O)C([2H])([2H])Oc3ccccc3OC)CC2)c(C([2H])([2H])[2H])c1[2H]. The fourth-order valence-electron chi connectivity index (χ4n) is 3.28. The molecule has 1 fully saturated rings. The van der Waals surface area contributed by atoms with Crippen LogP contribution in [0.1, 0.15) is 33.1 Å². The summed E-state index contributed by atoms with van der Waals surface area (Å²) in [5.41, 5.74) is -1.90. The largest absolute Gasteiger partial charge is 0.493 e. The van der Waals surface area contributed by atoms with Gasteiger partial charge in [-0.3, -0.25) is 14.6 Å². The van der Waals surface area contributed by atoms with Gasteiger partial charge in [-0.05, 0) is 42.5 Å². The molecular formula is C25H34N2O4. The molecule has 168 valence electrons. The number of nitrogens with zero attached hydrogens (tertiary/aromatic N) is 2. The van der Waals surface area contributed by atoms with Crippen molar-refractivity contribution in [2.24, 2.45) is 0 Å². The van der Waals surface area contributed by atoms with Crippen LogP contribution in [0.5, 0.6) is 11.5 Å². The van der Waals surface area contributed by atoms with Crippen molar-refractivity contribution in [3.8, 4) is 11.5 Å². The number of hydrogen-bond donors (Lipinski definition) is 1. The first kappa shape index (κ1) is 12.0. The Hall–Kier alpha value is -2.41. The van der Waals surface area contributed by atoms with Gasteiger partial charge in [0.25, 0.3) is 0 Å². The molecule has 0 aliphatic carbocycles. The van der Waals surface area contributed by atoms with Crippen LogP contribution >= 0.6 is 0 Å². The minimum Gasteiger partial charge on any atom is -0.493 e. The summed E-state index contributed by atoms with van der Waals surface area (Å²) in [5.74, 6) is -0.315. The van der Waals surface area contributed by atoms with E-state index in [1.807, 2.05) is 0 Å². The number of methoxy groups -OCH3 is 1. The average molecular weight is 439 g/mol. The molecule has 0 bridgehead atoms. The summed E-state index contributed by atoms with van der Waals surface area (Å²) >= 11 is 0. The first-order valence-corrected chi connectivity index (χ1v) is 9.84. The molecule has 1 N–H and O–H groups in total. The predicted molar refractivity (Wildman–Crippen MR) is 122 cm³/mol. The van der Waals surface area contributed by atoms with E-state index >= 15 is 0 Å². The summed E-state index contributed by atoms with van der Waals surface area (Å²) in [5, 5.41) is 10.7. The number of ketones is 1. The lowest BCUT2D eigenvalue weighted by Crippen LogP contribution is -2.50. The highest BCUT2D eigenvalue weighted by atomic mass is 16.5. The summed E-state index contributed by atoms with van der Waals surface area (Å²) in [6, 6.07) is 3.78. The molecule has 0 amide bonds. The van der Waals surface area contributed by atoms with Crippen LogP contribution in [0.2, 0.25) is 0 Å². The van der Waals surface area contributed by atoms with E-state index < -0.39 is 79.9 Å². The minimum absolute atomic E-state index is 0.0137. The zero-order valence-corrected chi connectivity index (χ0v) is 17.3. The molecule has 0 aromatic heterocycles. The van der Waals surface area contributed by atoms with Crippen LogP contribution in [0.3, 0.4) is 0 Å². The highest BCUT2D eigenvalue weighted by molar-refractivity contribution is 5.83. The van der Waals surface area contributed by atoms with Crippen molar-refractivity contribution in [3.05, 3.63) is 59.1 Å². The van der Waals surface area contributed by atoms with Crippen molar-refractivity contribution in [1.29, 1.82) is 0 Å². The smallest absolute Gasteiger partial charge is 0.161 e. The quantitative estimate of drug-likeness (QED) is 0.615. The Morgan fingerprint density at radius 1 is 1.19 bits per heavy atom. The van der Waals surface area contributed by atoms with Crippen LogP contribution < -0.4 is 9.47 Å². The molecule has 1 aliphatic rings. The van der Waals surface area contributed by atoms with Crippen LogP contribution in [0.25, 0.3) is 0 Å². The van der Waals surface area contributed by atoms with E-state index in [4.69, 9.17) is 25.9 Å². The number of aliphatic hydroxyl groups is 1. The third-order valence-corrected chi connectivity index (χ3v) is 4.94. The molecule has 6 heteroatoms. The molecule has 1 saturated heterocycles. The lowest BCUT2D eigenvalue weighted by atomic mass is 9.98. The molecule has 0 saturated carbocycles. The van der Waals surface area contributed by atoms with E-state index in [1.165, 1.54) is 13.2 Å². The van der Waals surface area contributed by atoms with Gasteiger partial charge in [0.15, 0.2) is 17.3 Å².